The van der Waals surface area contributed by atoms with Crippen molar-refractivity contribution >= 4 is 29.7 Å². The number of aryl methyl sites for hydroxylation is 1. The summed E-state index contributed by atoms with van der Waals surface area (Å²) in [5, 5.41) is 20.7. The molecule has 1 saturated heterocycles. The van der Waals surface area contributed by atoms with Crippen molar-refractivity contribution in [3.63, 3.8) is 0 Å². The summed E-state index contributed by atoms with van der Waals surface area (Å²) < 4.78 is 19.3. The second kappa shape index (κ2) is 14.5. The lowest BCUT2D eigenvalue weighted by atomic mass is 9.89. The molecule has 0 saturated carbocycles. The fraction of sp³-hybridized carbons (Fsp3) is 0.310. The molecule has 4 rings (SSSR count). The average Bonchev–Trinajstić information content (AvgIpc) is 2.97. The third kappa shape index (κ3) is 8.07. The lowest BCUT2D eigenvalue weighted by Gasteiger charge is -2.32. The van der Waals surface area contributed by atoms with Gasteiger partial charge in [-0.15, -0.1) is 0 Å². The molecule has 0 radical (unpaired) electrons. The predicted octanol–water partition coefficient (Wildman–Crippen LogP) is 4.74. The highest BCUT2D eigenvalue weighted by atomic mass is 19.1. The lowest BCUT2D eigenvalue weighted by Crippen LogP contribution is -2.38. The van der Waals surface area contributed by atoms with E-state index >= 15 is 0 Å². The Balaban J connectivity index is 0.00000147. The number of aromatic nitrogens is 1. The minimum atomic E-state index is -0.816. The Bertz CT molecular complexity index is 1370. The average molecular weight is 567 g/mol. The summed E-state index contributed by atoms with van der Waals surface area (Å²) in [4.78, 5) is 50.3. The first kappa shape index (κ1) is 30.7. The summed E-state index contributed by atoms with van der Waals surface area (Å²) in [6.45, 7) is 2.45. The zero-order valence-electron chi connectivity index (χ0n) is 22.7. The summed E-state index contributed by atoms with van der Waals surface area (Å²) >= 11 is 0. The molecule has 2 aromatic carbocycles. The molecule has 0 atom stereocenters. The van der Waals surface area contributed by atoms with Crippen LogP contribution in [0, 0.1) is 22.9 Å². The number of likely N-dealkylation sites (tertiary alicyclic amines) is 1. The quantitative estimate of drug-likeness (QED) is 0.225. The highest BCUT2D eigenvalue weighted by Gasteiger charge is 2.25. The van der Waals surface area contributed by atoms with Crippen LogP contribution >= 0.6 is 0 Å². The Morgan fingerprint density at radius 3 is 2.39 bits per heavy atom. The number of hydrogen-bond acceptors (Lipinski definition) is 7. The zero-order valence-corrected chi connectivity index (χ0v) is 22.7. The summed E-state index contributed by atoms with van der Waals surface area (Å²) in [5.41, 5.74) is 1.87. The maximum atomic E-state index is 14.3. The van der Waals surface area contributed by atoms with Gasteiger partial charge in [-0.25, -0.2) is 9.37 Å². The number of anilines is 1. The Hall–Kier alpha value is -4.87. The second-order valence-corrected chi connectivity index (χ2v) is 9.37. The molecule has 1 fully saturated rings. The van der Waals surface area contributed by atoms with E-state index in [1.807, 2.05) is 23.1 Å². The number of piperidine rings is 1. The van der Waals surface area contributed by atoms with Crippen LogP contribution in [0.4, 0.5) is 15.8 Å². The topological polar surface area (TPSA) is 152 Å². The van der Waals surface area contributed by atoms with E-state index in [1.165, 1.54) is 6.92 Å². The minimum absolute atomic E-state index is 0.0221. The van der Waals surface area contributed by atoms with Gasteiger partial charge >= 0.3 is 0 Å². The van der Waals surface area contributed by atoms with E-state index < -0.39 is 16.6 Å². The van der Waals surface area contributed by atoms with E-state index in [0.717, 1.165) is 36.1 Å². The number of nitrogens with zero attached hydrogens (tertiary/aromatic N) is 3. The smallest absolute Gasteiger partial charge is 0.290 e. The molecule has 11 nitrogen and oxygen atoms in total. The number of ether oxygens (including phenoxy) is 1. The largest absolute Gasteiger partial charge is 0.483 e. The molecule has 1 aliphatic rings. The van der Waals surface area contributed by atoms with E-state index in [4.69, 9.17) is 14.6 Å². The molecule has 0 unspecified atom stereocenters. The van der Waals surface area contributed by atoms with Crippen molar-refractivity contribution in [3.05, 3.63) is 92.9 Å². The molecule has 1 aromatic heterocycles. The molecular formula is C29H31FN4O7. The highest BCUT2D eigenvalue weighted by Crippen LogP contribution is 2.30. The van der Waals surface area contributed by atoms with E-state index in [2.05, 4.69) is 10.3 Å². The number of pyridine rings is 1. The molecule has 41 heavy (non-hydrogen) atoms. The number of amides is 2. The van der Waals surface area contributed by atoms with Gasteiger partial charge in [0.2, 0.25) is 11.8 Å². The van der Waals surface area contributed by atoms with Crippen LogP contribution in [0.15, 0.2) is 54.7 Å². The van der Waals surface area contributed by atoms with E-state index in [1.54, 1.807) is 31.5 Å². The number of methoxy groups -OCH3 is 1. The number of carbonyl (C=O) groups excluding carboxylic acids is 2. The lowest BCUT2D eigenvalue weighted by molar-refractivity contribution is -0.385. The Morgan fingerprint density at radius 1 is 1.17 bits per heavy atom. The number of hydrogen-bond donors (Lipinski definition) is 2. The first-order valence-corrected chi connectivity index (χ1v) is 12.9. The third-order valence-corrected chi connectivity index (χ3v) is 6.93. The van der Waals surface area contributed by atoms with Crippen LogP contribution in [-0.4, -0.2) is 58.4 Å². The zero-order chi connectivity index (χ0) is 29.9. The molecule has 2 N–H and O–H groups in total. The number of benzene rings is 2. The van der Waals surface area contributed by atoms with Crippen LogP contribution in [0.2, 0.25) is 0 Å². The minimum Gasteiger partial charge on any atom is -0.483 e. The fourth-order valence-electron chi connectivity index (χ4n) is 4.73. The molecular weight excluding hydrogens is 535 g/mol. The molecule has 3 aromatic rings. The van der Waals surface area contributed by atoms with E-state index in [-0.39, 0.29) is 35.1 Å². The number of rotatable bonds is 8. The van der Waals surface area contributed by atoms with Crippen molar-refractivity contribution in [3.8, 4) is 5.88 Å². The van der Waals surface area contributed by atoms with Crippen LogP contribution in [0.1, 0.15) is 52.2 Å². The number of nitro benzene ring substituents is 1. The van der Waals surface area contributed by atoms with Gasteiger partial charge in [-0.3, -0.25) is 24.5 Å². The van der Waals surface area contributed by atoms with Gasteiger partial charge in [0.15, 0.2) is 0 Å². The van der Waals surface area contributed by atoms with Gasteiger partial charge in [-0.05, 0) is 61.4 Å². The summed E-state index contributed by atoms with van der Waals surface area (Å²) in [5.74, 6) is -0.603. The number of nitrogens with one attached hydrogen (secondary N) is 1. The van der Waals surface area contributed by atoms with Crippen LogP contribution in [0.3, 0.4) is 0 Å². The fourth-order valence-corrected chi connectivity index (χ4v) is 4.73. The number of carboxylic acid groups (broad SMARTS) is 1. The summed E-state index contributed by atoms with van der Waals surface area (Å²) in [6, 6.07) is 13.0. The molecule has 2 amide bonds. The summed E-state index contributed by atoms with van der Waals surface area (Å²) in [7, 11) is 1.56. The van der Waals surface area contributed by atoms with Crippen LogP contribution in [0.25, 0.3) is 0 Å². The maximum Gasteiger partial charge on any atom is 0.290 e. The van der Waals surface area contributed by atoms with Gasteiger partial charge in [0, 0.05) is 49.1 Å². The Labute approximate surface area is 236 Å². The molecule has 2 heterocycles. The number of halogens is 1. The van der Waals surface area contributed by atoms with Gasteiger partial charge in [-0.1, -0.05) is 18.2 Å². The van der Waals surface area contributed by atoms with Crippen LogP contribution < -0.4 is 10.1 Å². The van der Waals surface area contributed by atoms with Crippen molar-refractivity contribution in [1.29, 1.82) is 0 Å². The van der Waals surface area contributed by atoms with Crippen molar-refractivity contribution < 1.29 is 33.5 Å². The van der Waals surface area contributed by atoms with Gasteiger partial charge < -0.3 is 20.1 Å². The Morgan fingerprint density at radius 2 is 1.83 bits per heavy atom. The molecule has 1 aliphatic heterocycles. The van der Waals surface area contributed by atoms with Crippen LogP contribution in [0.5, 0.6) is 5.88 Å². The second-order valence-electron chi connectivity index (χ2n) is 9.37. The van der Waals surface area contributed by atoms with Gasteiger partial charge in [0.05, 0.1) is 17.6 Å². The van der Waals surface area contributed by atoms with E-state index in [9.17, 15) is 24.1 Å². The van der Waals surface area contributed by atoms with Gasteiger partial charge in [0.25, 0.3) is 18.1 Å². The standard InChI is InChI=1S/C28H29FN4O5.CH2O2/c1-18-24(33(36)37)10-9-23(29)27(18)28(35)31-22-7-5-20(6-8-22)21-13-15-32(16-14-21)26(34)12-4-19-3-11-25(38-2)30-17-19;2-1-3/h3,5-11,17,21H,4,12-16H2,1-2H3,(H,31,35);1H,(H,2,3). The first-order valence-electron chi connectivity index (χ1n) is 12.9. The van der Waals surface area contributed by atoms with Crippen LogP contribution in [-0.2, 0) is 16.0 Å². The molecule has 0 aliphatic carbocycles. The van der Waals surface area contributed by atoms with Gasteiger partial charge in [0.1, 0.15) is 5.82 Å². The molecule has 0 spiro atoms. The first-order chi connectivity index (χ1) is 19.7. The monoisotopic (exact) mass is 566 g/mol. The summed E-state index contributed by atoms with van der Waals surface area (Å²) in [6.07, 6.45) is 4.45. The van der Waals surface area contributed by atoms with Crippen molar-refractivity contribution in [2.75, 3.05) is 25.5 Å². The van der Waals surface area contributed by atoms with E-state index in [0.29, 0.717) is 37.5 Å². The SMILES string of the molecule is COc1ccc(CCC(=O)N2CCC(c3ccc(NC(=O)c4c(F)ccc([N+](=O)[O-])c4C)cc3)CC2)cn1.O=CO. The normalized spacial score (nSPS) is 13.0. The van der Waals surface area contributed by atoms with Crippen molar-refractivity contribution in [1.82, 2.24) is 9.88 Å². The highest BCUT2D eigenvalue weighted by molar-refractivity contribution is 6.06. The van der Waals surface area contributed by atoms with Gasteiger partial charge in [-0.2, -0.15) is 0 Å². The van der Waals surface area contributed by atoms with Crippen molar-refractivity contribution in [2.45, 2.75) is 38.5 Å². The maximum absolute atomic E-state index is 14.3. The van der Waals surface area contributed by atoms with Crippen molar-refractivity contribution in [2.24, 2.45) is 0 Å². The molecule has 12 heteroatoms. The third-order valence-electron chi connectivity index (χ3n) is 6.93. The number of nitro groups is 1. The predicted molar refractivity (Wildman–Crippen MR) is 149 cm³/mol. The Kier molecular flexibility index (Phi) is 10.8. The molecule has 216 valence electrons. The molecule has 0 bridgehead atoms. The number of carbonyl (C=O) groups is 3.